The molecule has 1 aliphatic heterocycles. The van der Waals surface area contributed by atoms with Crippen LogP contribution in [-0.4, -0.2) is 6.71 Å². The predicted octanol–water partition coefficient (Wildman–Crippen LogP) is -1.66. The molecule has 0 fully saturated rings. The standard InChI is InChI=1S/C9H7.C6H9B.2ClH.Zr/c1-2-5-9-7-3-6-8(9)4-1;1-7-5-3-2-4-6-7;;;/h1-7H;2-5H,6H2,1H3;2*1H;/q-1;;;;+3/p-2. The number of rotatable bonds is 0. The number of allylic oxidation sites excluding steroid dienone is 3. The van der Waals surface area contributed by atoms with Gasteiger partial charge in [0.15, 0.2) is 6.71 Å². The average Bonchev–Trinajstić information content (AvgIpc) is 2.79. The molecule has 0 bridgehead atoms. The van der Waals surface area contributed by atoms with E-state index in [1.165, 1.54) is 17.1 Å². The summed E-state index contributed by atoms with van der Waals surface area (Å²) < 4.78 is 0. The molecule has 0 saturated carbocycles. The van der Waals surface area contributed by atoms with Crippen LogP contribution in [0.1, 0.15) is 0 Å². The third-order valence-electron chi connectivity index (χ3n) is 2.74. The molecule has 97 valence electrons. The van der Waals surface area contributed by atoms with Gasteiger partial charge in [0.1, 0.15) is 0 Å². The van der Waals surface area contributed by atoms with Crippen molar-refractivity contribution in [3.05, 3.63) is 66.7 Å². The van der Waals surface area contributed by atoms with Crippen LogP contribution < -0.4 is 24.8 Å². The summed E-state index contributed by atoms with van der Waals surface area (Å²) in [5.41, 5.74) is 0. The SMILES string of the molecule is CB1C=CC=CC1.[Cl-].[Cl-].[Zr+3].c1ccc2[cH-]ccc2c1. The molecule has 2 aromatic carbocycles. The van der Waals surface area contributed by atoms with Crippen molar-refractivity contribution in [2.75, 3.05) is 0 Å². The molecule has 19 heavy (non-hydrogen) atoms. The molecule has 0 atom stereocenters. The first kappa shape index (κ1) is 21.1. The summed E-state index contributed by atoms with van der Waals surface area (Å²) in [5, 5.41) is 2.66. The Labute approximate surface area is 147 Å². The average molecular weight is 369 g/mol. The number of halogens is 2. The Morgan fingerprint density at radius 3 is 2.32 bits per heavy atom. The van der Waals surface area contributed by atoms with Gasteiger partial charge in [0, 0.05) is 0 Å². The van der Waals surface area contributed by atoms with Crippen molar-refractivity contribution in [1.82, 2.24) is 0 Å². The van der Waals surface area contributed by atoms with E-state index < -0.39 is 0 Å². The third-order valence-corrected chi connectivity index (χ3v) is 2.74. The van der Waals surface area contributed by atoms with Crippen molar-refractivity contribution in [2.45, 2.75) is 13.1 Å². The van der Waals surface area contributed by atoms with E-state index in [2.05, 4.69) is 73.5 Å². The van der Waals surface area contributed by atoms with Crippen LogP contribution in [0.15, 0.2) is 66.7 Å². The van der Waals surface area contributed by atoms with Gasteiger partial charge in [-0.25, -0.2) is 0 Å². The predicted molar refractivity (Wildman–Crippen MR) is 74.2 cm³/mol. The fourth-order valence-corrected chi connectivity index (χ4v) is 1.77. The Morgan fingerprint density at radius 2 is 1.79 bits per heavy atom. The normalized spacial score (nSPS) is 11.5. The van der Waals surface area contributed by atoms with Crippen molar-refractivity contribution >= 4 is 17.5 Å². The molecule has 0 aromatic heterocycles. The molecule has 0 N–H and O–H groups in total. The van der Waals surface area contributed by atoms with Crippen LogP contribution in [0.2, 0.25) is 13.1 Å². The Hall–Kier alpha value is -0.162. The number of benzene rings is 1. The summed E-state index contributed by atoms with van der Waals surface area (Å²) >= 11 is 0. The van der Waals surface area contributed by atoms with E-state index in [9.17, 15) is 0 Å². The number of hydrogen-bond acceptors (Lipinski definition) is 0. The number of fused-ring (bicyclic) bond motifs is 1. The molecular formula is C15H16BCl2Zr. The van der Waals surface area contributed by atoms with E-state index >= 15 is 0 Å². The van der Waals surface area contributed by atoms with Gasteiger partial charge in [0.05, 0.1) is 0 Å². The van der Waals surface area contributed by atoms with Gasteiger partial charge in [-0.2, -0.15) is 17.5 Å². The van der Waals surface area contributed by atoms with Gasteiger partial charge in [-0.1, -0.05) is 37.4 Å². The van der Waals surface area contributed by atoms with Gasteiger partial charge in [0.2, 0.25) is 0 Å². The Balaban J connectivity index is 0. The third kappa shape index (κ3) is 7.25. The second-order valence-corrected chi connectivity index (χ2v) is 4.18. The van der Waals surface area contributed by atoms with Crippen molar-refractivity contribution in [3.8, 4) is 0 Å². The maximum Gasteiger partial charge on any atom is 3.00 e. The van der Waals surface area contributed by atoms with Gasteiger partial charge < -0.3 is 24.8 Å². The van der Waals surface area contributed by atoms with E-state index in [0.29, 0.717) is 0 Å². The number of hydrogen-bond donors (Lipinski definition) is 0. The molecule has 2 aromatic rings. The molecule has 0 spiro atoms. The van der Waals surface area contributed by atoms with Gasteiger partial charge in [-0.15, -0.1) is 35.6 Å². The fourth-order valence-electron chi connectivity index (χ4n) is 1.77. The quantitative estimate of drug-likeness (QED) is 0.385. The zero-order valence-corrected chi connectivity index (χ0v) is 14.9. The van der Waals surface area contributed by atoms with E-state index in [4.69, 9.17) is 0 Å². The fraction of sp³-hybridized carbons (Fsp3) is 0.133. The van der Waals surface area contributed by atoms with Crippen LogP contribution in [-0.2, 0) is 26.2 Å². The van der Waals surface area contributed by atoms with E-state index in [-0.39, 0.29) is 51.0 Å². The molecule has 3 rings (SSSR count). The summed E-state index contributed by atoms with van der Waals surface area (Å²) in [6.07, 6.45) is 7.62. The van der Waals surface area contributed by atoms with Crippen molar-refractivity contribution in [1.29, 1.82) is 0 Å². The zero-order valence-electron chi connectivity index (χ0n) is 10.9. The van der Waals surface area contributed by atoms with Crippen LogP contribution >= 0.6 is 0 Å². The topological polar surface area (TPSA) is 0 Å². The summed E-state index contributed by atoms with van der Waals surface area (Å²) in [5.74, 6) is 2.22. The van der Waals surface area contributed by atoms with Gasteiger partial charge in [0.25, 0.3) is 0 Å². The maximum atomic E-state index is 2.22. The van der Waals surface area contributed by atoms with E-state index in [0.717, 1.165) is 6.71 Å². The summed E-state index contributed by atoms with van der Waals surface area (Å²) in [7, 11) is 0. The van der Waals surface area contributed by atoms with Gasteiger partial charge in [-0.3, -0.25) is 0 Å². The molecule has 4 heteroatoms. The minimum atomic E-state index is 0. The van der Waals surface area contributed by atoms with Crippen LogP contribution in [0.5, 0.6) is 0 Å². The van der Waals surface area contributed by atoms with Gasteiger partial charge >= 0.3 is 26.2 Å². The van der Waals surface area contributed by atoms with E-state index in [1.807, 2.05) is 0 Å². The summed E-state index contributed by atoms with van der Waals surface area (Å²) in [6, 6.07) is 14.7. The molecule has 0 saturated heterocycles. The molecular weight excluding hydrogens is 353 g/mol. The Morgan fingerprint density at radius 1 is 1.05 bits per heavy atom. The van der Waals surface area contributed by atoms with Crippen molar-refractivity contribution in [2.24, 2.45) is 0 Å². The minimum Gasteiger partial charge on any atom is -1.00 e. The molecule has 0 aliphatic carbocycles. The van der Waals surface area contributed by atoms with Crippen LogP contribution in [0.4, 0.5) is 0 Å². The minimum absolute atomic E-state index is 0. The van der Waals surface area contributed by atoms with Crippen molar-refractivity contribution in [3.63, 3.8) is 0 Å². The Bertz CT molecular complexity index is 475. The summed E-state index contributed by atoms with van der Waals surface area (Å²) in [6.45, 7) is 2.99. The molecule has 0 unspecified atom stereocenters. The van der Waals surface area contributed by atoms with Crippen LogP contribution in [0.3, 0.4) is 0 Å². The smallest absolute Gasteiger partial charge is 1.00 e. The molecule has 1 heterocycles. The second-order valence-electron chi connectivity index (χ2n) is 4.18. The Kier molecular flexibility index (Phi) is 13.0. The van der Waals surface area contributed by atoms with E-state index in [1.54, 1.807) is 0 Å². The first-order valence-electron chi connectivity index (χ1n) is 5.80. The molecule has 0 amide bonds. The summed E-state index contributed by atoms with van der Waals surface area (Å²) in [4.78, 5) is 0. The monoisotopic (exact) mass is 367 g/mol. The maximum absolute atomic E-state index is 2.22. The second kappa shape index (κ2) is 11.6. The molecule has 1 radical (unpaired) electrons. The van der Waals surface area contributed by atoms with Crippen LogP contribution in [0.25, 0.3) is 10.8 Å². The van der Waals surface area contributed by atoms with Gasteiger partial charge in [-0.05, 0) is 0 Å². The first-order chi connectivity index (χ1) is 7.86. The zero-order chi connectivity index (χ0) is 11.2. The van der Waals surface area contributed by atoms with Crippen molar-refractivity contribution < 1.29 is 51.0 Å². The first-order valence-corrected chi connectivity index (χ1v) is 5.80. The molecule has 0 nitrogen and oxygen atoms in total. The molecule has 1 aliphatic rings. The van der Waals surface area contributed by atoms with Crippen LogP contribution in [0, 0.1) is 0 Å². The largest absolute Gasteiger partial charge is 3.00 e.